The van der Waals surface area contributed by atoms with E-state index in [-0.39, 0.29) is 5.91 Å². The highest BCUT2D eigenvalue weighted by atomic mass is 16.2. The Morgan fingerprint density at radius 3 is 2.71 bits per heavy atom. The molecule has 2 rings (SSSR count). The summed E-state index contributed by atoms with van der Waals surface area (Å²) >= 11 is 0. The van der Waals surface area contributed by atoms with E-state index in [2.05, 4.69) is 24.4 Å². The number of nitrogens with two attached hydrogens (primary N) is 1. The number of nitrogens with one attached hydrogen (secondary N) is 1. The van der Waals surface area contributed by atoms with Crippen LogP contribution < -0.4 is 11.1 Å². The Bertz CT molecular complexity index is 464. The van der Waals surface area contributed by atoms with Crippen LogP contribution in [0, 0.1) is 6.92 Å². The Morgan fingerprint density at radius 1 is 1.35 bits per heavy atom. The van der Waals surface area contributed by atoms with Crippen molar-refractivity contribution in [1.82, 2.24) is 0 Å². The number of fused-ring (bicyclic) bond motifs is 1. The predicted octanol–water partition coefficient (Wildman–Crippen LogP) is 2.12. The highest BCUT2D eigenvalue weighted by Crippen LogP contribution is 2.40. The number of amides is 1. The smallest absolute Gasteiger partial charge is 0.234 e. The molecular formula is C14H20N2O. The van der Waals surface area contributed by atoms with Crippen molar-refractivity contribution in [1.29, 1.82) is 0 Å². The minimum Gasteiger partial charge on any atom is -0.330 e. The number of anilines is 1. The molecule has 0 bridgehead atoms. The van der Waals surface area contributed by atoms with Gasteiger partial charge in [-0.2, -0.15) is 0 Å². The molecule has 92 valence electrons. The molecule has 0 atom stereocenters. The van der Waals surface area contributed by atoms with Gasteiger partial charge in [0, 0.05) is 5.69 Å². The number of hydrogen-bond acceptors (Lipinski definition) is 2. The molecule has 0 fully saturated rings. The highest BCUT2D eigenvalue weighted by molar-refractivity contribution is 6.06. The second-order valence-electron chi connectivity index (χ2n) is 5.32. The van der Waals surface area contributed by atoms with Gasteiger partial charge in [0.1, 0.15) is 0 Å². The van der Waals surface area contributed by atoms with Crippen LogP contribution in [0.1, 0.15) is 37.0 Å². The van der Waals surface area contributed by atoms with Crippen LogP contribution in [0.15, 0.2) is 12.1 Å². The molecule has 0 aliphatic carbocycles. The number of hydrogen-bond donors (Lipinski definition) is 2. The van der Waals surface area contributed by atoms with Gasteiger partial charge in [-0.3, -0.25) is 4.79 Å². The van der Waals surface area contributed by atoms with Gasteiger partial charge < -0.3 is 11.1 Å². The van der Waals surface area contributed by atoms with Crippen LogP contribution in [-0.4, -0.2) is 12.5 Å². The first-order valence-corrected chi connectivity index (χ1v) is 6.12. The summed E-state index contributed by atoms with van der Waals surface area (Å²) in [6.45, 7) is 6.70. The van der Waals surface area contributed by atoms with Gasteiger partial charge in [-0.15, -0.1) is 0 Å². The van der Waals surface area contributed by atoms with Gasteiger partial charge in [-0.05, 0) is 51.3 Å². The van der Waals surface area contributed by atoms with Crippen molar-refractivity contribution >= 4 is 11.6 Å². The number of carbonyl (C=O) groups is 1. The summed E-state index contributed by atoms with van der Waals surface area (Å²) in [6, 6.07) is 4.26. The fraction of sp³-hybridized carbons (Fsp3) is 0.500. The summed E-state index contributed by atoms with van der Waals surface area (Å²) < 4.78 is 0. The third-order valence-electron chi connectivity index (χ3n) is 3.49. The molecular weight excluding hydrogens is 212 g/mol. The van der Waals surface area contributed by atoms with E-state index in [1.165, 1.54) is 11.1 Å². The molecule has 1 aromatic rings. The molecule has 3 N–H and O–H groups in total. The largest absolute Gasteiger partial charge is 0.330 e. The van der Waals surface area contributed by atoms with E-state index in [0.717, 1.165) is 24.1 Å². The first-order valence-electron chi connectivity index (χ1n) is 6.12. The first-order chi connectivity index (χ1) is 7.96. The van der Waals surface area contributed by atoms with Crippen molar-refractivity contribution in [2.45, 2.75) is 39.0 Å². The summed E-state index contributed by atoms with van der Waals surface area (Å²) in [5.41, 5.74) is 9.69. The molecule has 1 aromatic carbocycles. The SMILES string of the molecule is Cc1cc(CCCN)c2c(c1)C(C)(C)C(=O)N2. The lowest BCUT2D eigenvalue weighted by atomic mass is 9.84. The van der Waals surface area contributed by atoms with E-state index < -0.39 is 5.41 Å². The second-order valence-corrected chi connectivity index (χ2v) is 5.32. The van der Waals surface area contributed by atoms with Gasteiger partial charge in [0.15, 0.2) is 0 Å². The fourth-order valence-electron chi connectivity index (χ4n) is 2.38. The van der Waals surface area contributed by atoms with Crippen molar-refractivity contribution in [2.75, 3.05) is 11.9 Å². The molecule has 1 amide bonds. The molecule has 0 spiro atoms. The predicted molar refractivity (Wildman–Crippen MR) is 70.2 cm³/mol. The van der Waals surface area contributed by atoms with Crippen LogP contribution >= 0.6 is 0 Å². The van der Waals surface area contributed by atoms with Crippen LogP contribution in [0.3, 0.4) is 0 Å². The molecule has 0 saturated heterocycles. The number of rotatable bonds is 3. The van der Waals surface area contributed by atoms with Gasteiger partial charge in [0.25, 0.3) is 0 Å². The lowest BCUT2D eigenvalue weighted by Crippen LogP contribution is -2.26. The van der Waals surface area contributed by atoms with Crippen LogP contribution in [0.25, 0.3) is 0 Å². The third kappa shape index (κ3) is 1.95. The van der Waals surface area contributed by atoms with Crippen molar-refractivity contribution in [3.63, 3.8) is 0 Å². The van der Waals surface area contributed by atoms with Gasteiger partial charge in [-0.1, -0.05) is 17.7 Å². The Morgan fingerprint density at radius 2 is 2.06 bits per heavy atom. The maximum Gasteiger partial charge on any atom is 0.234 e. The van der Waals surface area contributed by atoms with Gasteiger partial charge in [0.2, 0.25) is 5.91 Å². The van der Waals surface area contributed by atoms with E-state index in [4.69, 9.17) is 5.73 Å². The molecule has 3 heteroatoms. The standard InChI is InChI=1S/C14H20N2O/c1-9-7-10(5-4-6-15)12-11(8-9)14(2,3)13(17)16-12/h7-8H,4-6,15H2,1-3H3,(H,16,17). The molecule has 1 aliphatic rings. The van der Waals surface area contributed by atoms with E-state index in [9.17, 15) is 4.79 Å². The molecule has 1 aliphatic heterocycles. The zero-order valence-corrected chi connectivity index (χ0v) is 10.8. The molecule has 3 nitrogen and oxygen atoms in total. The maximum atomic E-state index is 12.0. The van der Waals surface area contributed by atoms with Gasteiger partial charge in [-0.25, -0.2) is 0 Å². The summed E-state index contributed by atoms with van der Waals surface area (Å²) in [6.07, 6.45) is 1.88. The number of carbonyl (C=O) groups excluding carboxylic acids is 1. The first kappa shape index (κ1) is 12.1. The van der Waals surface area contributed by atoms with Crippen LogP contribution in [0.5, 0.6) is 0 Å². The maximum absolute atomic E-state index is 12.0. The van der Waals surface area contributed by atoms with Crippen molar-refractivity contribution < 1.29 is 4.79 Å². The number of benzene rings is 1. The lowest BCUT2D eigenvalue weighted by molar-refractivity contribution is -0.119. The molecule has 0 radical (unpaired) electrons. The Hall–Kier alpha value is -1.35. The Labute approximate surface area is 102 Å². The zero-order valence-electron chi connectivity index (χ0n) is 10.8. The topological polar surface area (TPSA) is 55.1 Å². The van der Waals surface area contributed by atoms with Crippen LogP contribution in [-0.2, 0) is 16.6 Å². The quantitative estimate of drug-likeness (QED) is 0.838. The fourth-order valence-corrected chi connectivity index (χ4v) is 2.38. The minimum absolute atomic E-state index is 0.0899. The van der Waals surface area contributed by atoms with Crippen molar-refractivity contribution in [3.05, 3.63) is 28.8 Å². The van der Waals surface area contributed by atoms with Crippen LogP contribution in [0.2, 0.25) is 0 Å². The van der Waals surface area contributed by atoms with Crippen LogP contribution in [0.4, 0.5) is 5.69 Å². The molecule has 1 heterocycles. The van der Waals surface area contributed by atoms with E-state index in [1.807, 2.05) is 13.8 Å². The minimum atomic E-state index is -0.418. The normalized spacial score (nSPS) is 16.8. The van der Waals surface area contributed by atoms with E-state index in [0.29, 0.717) is 6.54 Å². The average molecular weight is 232 g/mol. The van der Waals surface area contributed by atoms with E-state index in [1.54, 1.807) is 0 Å². The summed E-state index contributed by atoms with van der Waals surface area (Å²) in [5.74, 6) is 0.0899. The molecule has 0 aromatic heterocycles. The third-order valence-corrected chi connectivity index (χ3v) is 3.49. The second kappa shape index (κ2) is 4.15. The van der Waals surface area contributed by atoms with Gasteiger partial charge >= 0.3 is 0 Å². The molecule has 17 heavy (non-hydrogen) atoms. The summed E-state index contributed by atoms with van der Waals surface area (Å²) in [5, 5.41) is 3.01. The summed E-state index contributed by atoms with van der Waals surface area (Å²) in [7, 11) is 0. The zero-order chi connectivity index (χ0) is 12.6. The Balaban J connectivity index is 2.49. The number of aryl methyl sites for hydroxylation is 2. The van der Waals surface area contributed by atoms with Gasteiger partial charge in [0.05, 0.1) is 5.41 Å². The summed E-state index contributed by atoms with van der Waals surface area (Å²) in [4.78, 5) is 12.0. The van der Waals surface area contributed by atoms with E-state index >= 15 is 0 Å². The molecule has 0 saturated carbocycles. The molecule has 0 unspecified atom stereocenters. The monoisotopic (exact) mass is 232 g/mol. The Kier molecular flexibility index (Phi) is 2.96. The lowest BCUT2D eigenvalue weighted by Gasteiger charge is -2.16. The van der Waals surface area contributed by atoms with Crippen molar-refractivity contribution in [3.8, 4) is 0 Å². The highest BCUT2D eigenvalue weighted by Gasteiger charge is 2.39. The van der Waals surface area contributed by atoms with Crippen molar-refractivity contribution in [2.24, 2.45) is 5.73 Å². The average Bonchev–Trinajstić information content (AvgIpc) is 2.49.